The molecule has 16 heavy (non-hydrogen) atoms. The first kappa shape index (κ1) is 13.4. The van der Waals surface area contributed by atoms with Crippen molar-refractivity contribution in [3.63, 3.8) is 0 Å². The highest BCUT2D eigenvalue weighted by Crippen LogP contribution is 2.21. The number of anilines is 1. The van der Waals surface area contributed by atoms with Crippen LogP contribution in [0.5, 0.6) is 0 Å². The fourth-order valence-electron chi connectivity index (χ4n) is 1.52. The van der Waals surface area contributed by atoms with Gasteiger partial charge < -0.3 is 10.0 Å². The summed E-state index contributed by atoms with van der Waals surface area (Å²) in [5.74, 6) is 0. The number of aliphatic hydroxyl groups excluding tert-OH is 1. The zero-order valence-corrected chi connectivity index (χ0v) is 11.1. The first-order valence-electron chi connectivity index (χ1n) is 5.62. The Hall–Kier alpha value is -0.650. The van der Waals surface area contributed by atoms with Crippen molar-refractivity contribution in [3.8, 4) is 0 Å². The van der Waals surface area contributed by atoms with E-state index in [2.05, 4.69) is 16.8 Å². The van der Waals surface area contributed by atoms with Crippen LogP contribution in [0.2, 0.25) is 0 Å². The van der Waals surface area contributed by atoms with Crippen molar-refractivity contribution in [2.24, 2.45) is 0 Å². The van der Waals surface area contributed by atoms with E-state index in [1.54, 1.807) is 11.3 Å². The Balaban J connectivity index is 2.55. The first-order valence-corrected chi connectivity index (χ1v) is 6.44. The van der Waals surface area contributed by atoms with E-state index in [9.17, 15) is 0 Å². The monoisotopic (exact) mass is 243 g/mol. The SMILES string of the molecule is CCCN(CCO)Cc1cnc(N(C)C)s1. The van der Waals surface area contributed by atoms with Crippen LogP contribution in [0.4, 0.5) is 5.13 Å². The van der Waals surface area contributed by atoms with Gasteiger partial charge in [0.2, 0.25) is 0 Å². The van der Waals surface area contributed by atoms with E-state index in [1.165, 1.54) is 4.88 Å². The van der Waals surface area contributed by atoms with Crippen LogP contribution in [0.1, 0.15) is 18.2 Å². The molecular formula is C11H21N3OS. The standard InChI is InChI=1S/C11H21N3OS/c1-4-5-14(6-7-15)9-10-8-12-11(16-10)13(2)3/h8,15H,4-7,9H2,1-3H3. The predicted octanol–water partition coefficient (Wildman–Crippen LogP) is 1.41. The van der Waals surface area contributed by atoms with Crippen molar-refractivity contribution in [2.45, 2.75) is 19.9 Å². The van der Waals surface area contributed by atoms with E-state index < -0.39 is 0 Å². The molecule has 0 radical (unpaired) electrons. The Morgan fingerprint density at radius 1 is 1.38 bits per heavy atom. The van der Waals surface area contributed by atoms with Crippen LogP contribution in [-0.4, -0.2) is 48.8 Å². The molecule has 0 aromatic carbocycles. The highest BCUT2D eigenvalue weighted by molar-refractivity contribution is 7.15. The molecule has 0 aliphatic heterocycles. The molecule has 1 rings (SSSR count). The van der Waals surface area contributed by atoms with E-state index in [0.29, 0.717) is 0 Å². The number of aromatic nitrogens is 1. The molecular weight excluding hydrogens is 222 g/mol. The number of hydrogen-bond acceptors (Lipinski definition) is 5. The van der Waals surface area contributed by atoms with Gasteiger partial charge >= 0.3 is 0 Å². The summed E-state index contributed by atoms with van der Waals surface area (Å²) in [5, 5.41) is 10.0. The smallest absolute Gasteiger partial charge is 0.185 e. The summed E-state index contributed by atoms with van der Waals surface area (Å²) in [4.78, 5) is 9.87. The molecule has 1 aromatic rings. The molecule has 1 heterocycles. The highest BCUT2D eigenvalue weighted by atomic mass is 32.1. The lowest BCUT2D eigenvalue weighted by Gasteiger charge is -2.19. The van der Waals surface area contributed by atoms with E-state index in [-0.39, 0.29) is 6.61 Å². The zero-order chi connectivity index (χ0) is 12.0. The summed E-state index contributed by atoms with van der Waals surface area (Å²) >= 11 is 1.71. The minimum atomic E-state index is 0.222. The van der Waals surface area contributed by atoms with E-state index >= 15 is 0 Å². The van der Waals surface area contributed by atoms with Gasteiger partial charge in [0.25, 0.3) is 0 Å². The van der Waals surface area contributed by atoms with Crippen molar-refractivity contribution < 1.29 is 5.11 Å². The van der Waals surface area contributed by atoms with Gasteiger partial charge in [-0.1, -0.05) is 6.92 Å². The summed E-state index contributed by atoms with van der Waals surface area (Å²) in [6.45, 7) is 5.03. The first-order chi connectivity index (χ1) is 7.67. The fourth-order valence-corrected chi connectivity index (χ4v) is 2.40. The van der Waals surface area contributed by atoms with Crippen molar-refractivity contribution in [1.29, 1.82) is 0 Å². The van der Waals surface area contributed by atoms with Crippen molar-refractivity contribution >= 4 is 16.5 Å². The van der Waals surface area contributed by atoms with Crippen molar-refractivity contribution in [2.75, 3.05) is 38.7 Å². The molecule has 0 unspecified atom stereocenters. The minimum absolute atomic E-state index is 0.222. The Bertz CT molecular complexity index is 295. The van der Waals surface area contributed by atoms with Gasteiger partial charge in [0.15, 0.2) is 5.13 Å². The van der Waals surface area contributed by atoms with Crippen LogP contribution < -0.4 is 4.90 Å². The van der Waals surface area contributed by atoms with Gasteiger partial charge in [-0.15, -0.1) is 11.3 Å². The van der Waals surface area contributed by atoms with E-state index in [4.69, 9.17) is 5.11 Å². The Morgan fingerprint density at radius 3 is 2.62 bits per heavy atom. The van der Waals surface area contributed by atoms with Crippen LogP contribution >= 0.6 is 11.3 Å². The number of thiazole rings is 1. The number of rotatable bonds is 7. The van der Waals surface area contributed by atoms with Gasteiger partial charge in [0.05, 0.1) is 6.61 Å². The molecule has 0 amide bonds. The third-order valence-electron chi connectivity index (χ3n) is 2.26. The molecule has 0 saturated heterocycles. The normalized spacial score (nSPS) is 11.1. The molecule has 1 N–H and O–H groups in total. The molecule has 92 valence electrons. The molecule has 0 aliphatic rings. The summed E-state index contributed by atoms with van der Waals surface area (Å²) in [6.07, 6.45) is 3.04. The second-order valence-electron chi connectivity index (χ2n) is 4.00. The maximum absolute atomic E-state index is 8.97. The highest BCUT2D eigenvalue weighted by Gasteiger charge is 2.08. The molecule has 4 nitrogen and oxygen atoms in total. The second-order valence-corrected chi connectivity index (χ2v) is 5.10. The molecule has 5 heteroatoms. The van der Waals surface area contributed by atoms with Gasteiger partial charge in [0, 0.05) is 38.3 Å². The maximum Gasteiger partial charge on any atom is 0.185 e. The second kappa shape index (κ2) is 6.83. The molecule has 0 atom stereocenters. The van der Waals surface area contributed by atoms with E-state index in [0.717, 1.165) is 31.2 Å². The van der Waals surface area contributed by atoms with Crippen LogP contribution in [0.15, 0.2) is 6.20 Å². The zero-order valence-electron chi connectivity index (χ0n) is 10.3. The third kappa shape index (κ3) is 4.08. The average Bonchev–Trinajstić information content (AvgIpc) is 2.67. The minimum Gasteiger partial charge on any atom is -0.395 e. The summed E-state index contributed by atoms with van der Waals surface area (Å²) in [6, 6.07) is 0. The van der Waals surface area contributed by atoms with E-state index in [1.807, 2.05) is 25.2 Å². The summed E-state index contributed by atoms with van der Waals surface area (Å²) in [7, 11) is 4.00. The average molecular weight is 243 g/mol. The van der Waals surface area contributed by atoms with Crippen molar-refractivity contribution in [1.82, 2.24) is 9.88 Å². The molecule has 0 fully saturated rings. The van der Waals surface area contributed by atoms with Crippen molar-refractivity contribution in [3.05, 3.63) is 11.1 Å². The number of aliphatic hydroxyl groups is 1. The van der Waals surface area contributed by atoms with Gasteiger partial charge in [-0.05, 0) is 13.0 Å². The number of nitrogens with zero attached hydrogens (tertiary/aromatic N) is 3. The predicted molar refractivity (Wildman–Crippen MR) is 69.1 cm³/mol. The van der Waals surface area contributed by atoms with Crippen LogP contribution in [0, 0.1) is 0 Å². The molecule has 1 aromatic heterocycles. The lowest BCUT2D eigenvalue weighted by molar-refractivity contribution is 0.191. The van der Waals surface area contributed by atoms with Crippen LogP contribution in [-0.2, 0) is 6.54 Å². The third-order valence-corrected chi connectivity index (χ3v) is 3.41. The van der Waals surface area contributed by atoms with Gasteiger partial charge in [-0.2, -0.15) is 0 Å². The largest absolute Gasteiger partial charge is 0.395 e. The fraction of sp³-hybridized carbons (Fsp3) is 0.727. The lowest BCUT2D eigenvalue weighted by atomic mass is 10.4. The molecule has 0 aliphatic carbocycles. The molecule has 0 bridgehead atoms. The molecule has 0 saturated carbocycles. The molecule has 0 spiro atoms. The topological polar surface area (TPSA) is 39.6 Å². The quantitative estimate of drug-likeness (QED) is 0.786. The van der Waals surface area contributed by atoms with Crippen LogP contribution in [0.3, 0.4) is 0 Å². The van der Waals surface area contributed by atoms with Gasteiger partial charge in [-0.3, -0.25) is 4.90 Å². The van der Waals surface area contributed by atoms with Gasteiger partial charge in [0.1, 0.15) is 0 Å². The number of hydrogen-bond donors (Lipinski definition) is 1. The Labute approximate surface area is 102 Å². The van der Waals surface area contributed by atoms with Crippen LogP contribution in [0.25, 0.3) is 0 Å². The summed E-state index contributed by atoms with van der Waals surface area (Å²) in [5.41, 5.74) is 0. The summed E-state index contributed by atoms with van der Waals surface area (Å²) < 4.78 is 0. The Kier molecular flexibility index (Phi) is 5.73. The Morgan fingerprint density at radius 2 is 2.12 bits per heavy atom. The van der Waals surface area contributed by atoms with Gasteiger partial charge in [-0.25, -0.2) is 4.98 Å². The maximum atomic E-state index is 8.97. The lowest BCUT2D eigenvalue weighted by Crippen LogP contribution is -2.26.